The number of sulfonamides is 1. The van der Waals surface area contributed by atoms with Gasteiger partial charge >= 0.3 is 0 Å². The Morgan fingerprint density at radius 3 is 2.53 bits per heavy atom. The fourth-order valence-electron chi connectivity index (χ4n) is 1.89. The summed E-state index contributed by atoms with van der Waals surface area (Å²) in [7, 11) is -3.48. The minimum Gasteiger partial charge on any atom is -0.354 e. The summed E-state index contributed by atoms with van der Waals surface area (Å²) in [6, 6.07) is 0.0768. The summed E-state index contributed by atoms with van der Waals surface area (Å²) in [4.78, 5) is 8.14. The molecule has 2 unspecified atom stereocenters. The molecule has 2 N–H and O–H groups in total. The highest BCUT2D eigenvalue weighted by atomic mass is 32.2. The molecule has 0 aromatic carbocycles. The van der Waals surface area contributed by atoms with Crippen LogP contribution in [0, 0.1) is 5.92 Å². The van der Waals surface area contributed by atoms with Crippen molar-refractivity contribution < 1.29 is 8.42 Å². The van der Waals surface area contributed by atoms with Gasteiger partial charge in [-0.2, -0.15) is 0 Å². The van der Waals surface area contributed by atoms with Crippen molar-refractivity contribution in [2.75, 3.05) is 11.9 Å². The Bertz CT molecular complexity index is 515. The first-order valence-electron chi connectivity index (χ1n) is 6.65. The van der Waals surface area contributed by atoms with E-state index in [1.807, 2.05) is 6.92 Å². The van der Waals surface area contributed by atoms with Gasteiger partial charge in [-0.15, -0.1) is 0 Å². The van der Waals surface area contributed by atoms with Gasteiger partial charge in [-0.05, 0) is 18.8 Å². The molecule has 0 aliphatic heterocycles. The van der Waals surface area contributed by atoms with Crippen LogP contribution in [0.3, 0.4) is 0 Å². The van der Waals surface area contributed by atoms with Gasteiger partial charge in [-0.25, -0.2) is 23.1 Å². The summed E-state index contributed by atoms with van der Waals surface area (Å²) in [6.45, 7) is 4.87. The Morgan fingerprint density at radius 1 is 1.32 bits per heavy atom. The van der Waals surface area contributed by atoms with Gasteiger partial charge in [0.1, 0.15) is 4.90 Å². The highest BCUT2D eigenvalue weighted by molar-refractivity contribution is 7.89. The number of aromatic nitrogens is 2. The number of rotatable bonds is 7. The molecule has 0 saturated heterocycles. The van der Waals surface area contributed by atoms with Crippen LogP contribution in [-0.2, 0) is 10.0 Å². The van der Waals surface area contributed by atoms with E-state index >= 15 is 0 Å². The van der Waals surface area contributed by atoms with Gasteiger partial charge in [0.2, 0.25) is 16.0 Å². The summed E-state index contributed by atoms with van der Waals surface area (Å²) < 4.78 is 26.8. The zero-order valence-electron chi connectivity index (χ0n) is 11.3. The van der Waals surface area contributed by atoms with Crippen LogP contribution in [0.4, 0.5) is 5.95 Å². The molecule has 0 radical (unpaired) electrons. The molecular weight excluding hydrogens is 264 g/mol. The molecule has 19 heavy (non-hydrogen) atoms. The van der Waals surface area contributed by atoms with Crippen molar-refractivity contribution in [2.45, 2.75) is 44.0 Å². The van der Waals surface area contributed by atoms with Crippen molar-refractivity contribution in [3.05, 3.63) is 12.4 Å². The van der Waals surface area contributed by atoms with Crippen molar-refractivity contribution >= 4 is 16.0 Å². The maximum absolute atomic E-state index is 12.1. The first-order valence-corrected chi connectivity index (χ1v) is 8.13. The number of nitrogens with zero attached hydrogens (tertiary/aromatic N) is 2. The first-order chi connectivity index (χ1) is 9.06. The zero-order chi connectivity index (χ0) is 13.9. The van der Waals surface area contributed by atoms with Gasteiger partial charge in [-0.1, -0.05) is 20.3 Å². The summed E-state index contributed by atoms with van der Waals surface area (Å²) in [5, 5.41) is 3.00. The molecule has 1 aromatic rings. The van der Waals surface area contributed by atoms with Crippen LogP contribution < -0.4 is 10.0 Å². The maximum atomic E-state index is 12.1. The monoisotopic (exact) mass is 284 g/mol. The Hall–Kier alpha value is -1.21. The predicted molar refractivity (Wildman–Crippen MR) is 73.3 cm³/mol. The molecule has 1 fully saturated rings. The summed E-state index contributed by atoms with van der Waals surface area (Å²) in [6.07, 6.45) is 5.58. The van der Waals surface area contributed by atoms with Crippen LogP contribution in [0.2, 0.25) is 0 Å². The standard InChI is InChI=1S/C12H20N4O2S/c1-3-5-13-12-14-7-10(8-15-12)19(17,18)16-11-6-9(11)4-2/h7-9,11,16H,3-6H2,1-2H3,(H,13,14,15). The van der Waals surface area contributed by atoms with Gasteiger partial charge in [0, 0.05) is 12.6 Å². The van der Waals surface area contributed by atoms with Gasteiger partial charge in [-0.3, -0.25) is 0 Å². The minimum atomic E-state index is -3.48. The van der Waals surface area contributed by atoms with E-state index in [1.54, 1.807) is 0 Å². The molecule has 1 aliphatic carbocycles. The van der Waals surface area contributed by atoms with E-state index in [1.165, 1.54) is 12.4 Å². The third-order valence-corrected chi connectivity index (χ3v) is 4.67. The van der Waals surface area contributed by atoms with E-state index in [4.69, 9.17) is 0 Å². The second-order valence-electron chi connectivity index (χ2n) is 4.80. The summed E-state index contributed by atoms with van der Waals surface area (Å²) in [5.74, 6) is 0.930. The van der Waals surface area contributed by atoms with Crippen LogP contribution in [0.1, 0.15) is 33.1 Å². The molecule has 0 amide bonds. The van der Waals surface area contributed by atoms with Crippen LogP contribution >= 0.6 is 0 Å². The van der Waals surface area contributed by atoms with Gasteiger partial charge in [0.15, 0.2) is 0 Å². The number of anilines is 1. The van der Waals surface area contributed by atoms with Crippen molar-refractivity contribution in [1.82, 2.24) is 14.7 Å². The topological polar surface area (TPSA) is 84.0 Å². The summed E-state index contributed by atoms with van der Waals surface area (Å²) in [5.41, 5.74) is 0. The Balaban J connectivity index is 2.00. The van der Waals surface area contributed by atoms with Crippen molar-refractivity contribution in [3.63, 3.8) is 0 Å². The highest BCUT2D eigenvalue weighted by Gasteiger charge is 2.38. The van der Waals surface area contributed by atoms with E-state index in [0.29, 0.717) is 11.9 Å². The molecule has 2 atom stereocenters. The van der Waals surface area contributed by atoms with Crippen molar-refractivity contribution in [3.8, 4) is 0 Å². The normalized spacial score (nSPS) is 22.2. The fraction of sp³-hybridized carbons (Fsp3) is 0.667. The van der Waals surface area contributed by atoms with E-state index in [9.17, 15) is 8.42 Å². The van der Waals surface area contributed by atoms with E-state index in [-0.39, 0.29) is 10.9 Å². The number of nitrogens with one attached hydrogen (secondary N) is 2. The second kappa shape index (κ2) is 5.83. The van der Waals surface area contributed by atoms with Crippen LogP contribution in [-0.4, -0.2) is 31.0 Å². The predicted octanol–water partition coefficient (Wildman–Crippen LogP) is 1.38. The number of hydrogen-bond donors (Lipinski definition) is 2. The Kier molecular flexibility index (Phi) is 4.36. The molecule has 1 heterocycles. The largest absolute Gasteiger partial charge is 0.354 e. The van der Waals surface area contributed by atoms with E-state index in [0.717, 1.165) is 25.8 Å². The lowest BCUT2D eigenvalue weighted by atomic mass is 10.3. The molecule has 7 heteroatoms. The smallest absolute Gasteiger partial charge is 0.243 e. The third-order valence-electron chi connectivity index (χ3n) is 3.23. The van der Waals surface area contributed by atoms with E-state index in [2.05, 4.69) is 26.9 Å². The minimum absolute atomic E-state index is 0.0768. The van der Waals surface area contributed by atoms with E-state index < -0.39 is 10.0 Å². The Labute approximate surface area is 114 Å². The number of hydrogen-bond acceptors (Lipinski definition) is 5. The summed E-state index contributed by atoms with van der Waals surface area (Å²) >= 11 is 0. The molecule has 106 valence electrons. The van der Waals surface area contributed by atoms with Crippen LogP contribution in [0.5, 0.6) is 0 Å². The Morgan fingerprint density at radius 2 is 2.00 bits per heavy atom. The fourth-order valence-corrected chi connectivity index (χ4v) is 3.10. The lowest BCUT2D eigenvalue weighted by Crippen LogP contribution is -2.27. The highest BCUT2D eigenvalue weighted by Crippen LogP contribution is 2.34. The molecule has 0 bridgehead atoms. The quantitative estimate of drug-likeness (QED) is 0.790. The average Bonchev–Trinajstić information content (AvgIpc) is 3.14. The zero-order valence-corrected chi connectivity index (χ0v) is 12.1. The van der Waals surface area contributed by atoms with Gasteiger partial charge < -0.3 is 5.32 Å². The third kappa shape index (κ3) is 3.63. The van der Waals surface area contributed by atoms with Gasteiger partial charge in [0.05, 0.1) is 12.4 Å². The second-order valence-corrected chi connectivity index (χ2v) is 6.51. The first kappa shape index (κ1) is 14.2. The van der Waals surface area contributed by atoms with Gasteiger partial charge in [0.25, 0.3) is 0 Å². The van der Waals surface area contributed by atoms with Crippen molar-refractivity contribution in [2.24, 2.45) is 5.92 Å². The SMILES string of the molecule is CCCNc1ncc(S(=O)(=O)NC2CC2CC)cn1. The molecule has 2 rings (SSSR count). The molecule has 1 saturated carbocycles. The molecule has 0 spiro atoms. The maximum Gasteiger partial charge on any atom is 0.243 e. The molecule has 6 nitrogen and oxygen atoms in total. The lowest BCUT2D eigenvalue weighted by molar-refractivity contribution is 0.575. The van der Waals surface area contributed by atoms with Crippen LogP contribution in [0.25, 0.3) is 0 Å². The molecular formula is C12H20N4O2S. The lowest BCUT2D eigenvalue weighted by Gasteiger charge is -2.06. The van der Waals surface area contributed by atoms with Crippen LogP contribution in [0.15, 0.2) is 17.3 Å². The average molecular weight is 284 g/mol. The molecule has 1 aromatic heterocycles. The molecule has 1 aliphatic rings. The van der Waals surface area contributed by atoms with Crippen molar-refractivity contribution in [1.29, 1.82) is 0 Å².